The summed E-state index contributed by atoms with van der Waals surface area (Å²) < 4.78 is 4.94. The SMILES string of the molecule is COC(=O)/C(=N/Nc1ccc(C)cc1)N1CCCc2ccccc21. The van der Waals surface area contributed by atoms with Gasteiger partial charge in [0.05, 0.1) is 12.8 Å². The molecule has 0 saturated heterocycles. The number of hydrogen-bond donors (Lipinski definition) is 1. The summed E-state index contributed by atoms with van der Waals surface area (Å²) in [5.74, 6) is -0.184. The van der Waals surface area contributed by atoms with E-state index in [1.54, 1.807) is 0 Å². The van der Waals surface area contributed by atoms with E-state index < -0.39 is 5.97 Å². The molecule has 0 radical (unpaired) electrons. The zero-order valence-electron chi connectivity index (χ0n) is 14.0. The number of aryl methyl sites for hydroxylation is 2. The number of methoxy groups -OCH3 is 1. The quantitative estimate of drug-likeness (QED) is 0.398. The summed E-state index contributed by atoms with van der Waals surface area (Å²) in [6.45, 7) is 2.76. The highest BCUT2D eigenvalue weighted by Crippen LogP contribution is 2.27. The smallest absolute Gasteiger partial charge is 0.376 e. The van der Waals surface area contributed by atoms with E-state index in [4.69, 9.17) is 4.74 Å². The first kappa shape index (κ1) is 16.1. The van der Waals surface area contributed by atoms with Crippen LogP contribution in [0.25, 0.3) is 0 Å². The number of nitrogens with zero attached hydrogens (tertiary/aromatic N) is 2. The molecule has 1 aliphatic rings. The van der Waals surface area contributed by atoms with Gasteiger partial charge < -0.3 is 9.64 Å². The van der Waals surface area contributed by atoms with E-state index in [0.717, 1.165) is 30.8 Å². The third-order valence-electron chi connectivity index (χ3n) is 4.08. The van der Waals surface area contributed by atoms with Crippen molar-refractivity contribution in [2.45, 2.75) is 19.8 Å². The zero-order chi connectivity index (χ0) is 16.9. The Balaban J connectivity index is 1.91. The van der Waals surface area contributed by atoms with Gasteiger partial charge in [0.1, 0.15) is 0 Å². The number of benzene rings is 2. The Morgan fingerprint density at radius 2 is 1.92 bits per heavy atom. The molecule has 24 heavy (non-hydrogen) atoms. The summed E-state index contributed by atoms with van der Waals surface area (Å²) >= 11 is 0. The topological polar surface area (TPSA) is 53.9 Å². The molecule has 0 amide bonds. The van der Waals surface area contributed by atoms with Crippen LogP contribution in [-0.4, -0.2) is 25.5 Å². The van der Waals surface area contributed by atoms with Crippen molar-refractivity contribution in [3.63, 3.8) is 0 Å². The van der Waals surface area contributed by atoms with Gasteiger partial charge in [-0.05, 0) is 43.5 Å². The number of nitrogens with one attached hydrogen (secondary N) is 1. The summed E-state index contributed by atoms with van der Waals surface area (Å²) in [4.78, 5) is 14.2. The lowest BCUT2D eigenvalue weighted by Crippen LogP contribution is -2.41. The molecule has 1 aliphatic heterocycles. The lowest BCUT2D eigenvalue weighted by atomic mass is 10.0. The van der Waals surface area contributed by atoms with E-state index >= 15 is 0 Å². The van der Waals surface area contributed by atoms with Crippen molar-refractivity contribution in [3.8, 4) is 0 Å². The van der Waals surface area contributed by atoms with Gasteiger partial charge in [-0.2, -0.15) is 0 Å². The van der Waals surface area contributed by atoms with Crippen molar-refractivity contribution in [2.75, 3.05) is 24.0 Å². The van der Waals surface area contributed by atoms with Crippen LogP contribution in [0.4, 0.5) is 11.4 Å². The maximum atomic E-state index is 12.3. The highest BCUT2D eigenvalue weighted by molar-refractivity contribution is 6.41. The molecule has 5 heteroatoms. The van der Waals surface area contributed by atoms with Gasteiger partial charge in [-0.3, -0.25) is 5.43 Å². The van der Waals surface area contributed by atoms with Crippen LogP contribution in [0.1, 0.15) is 17.5 Å². The zero-order valence-corrected chi connectivity index (χ0v) is 14.0. The number of rotatable bonds is 2. The van der Waals surface area contributed by atoms with Crippen LogP contribution in [0.3, 0.4) is 0 Å². The number of fused-ring (bicyclic) bond motifs is 1. The number of esters is 1. The highest BCUT2D eigenvalue weighted by Gasteiger charge is 2.26. The number of amidine groups is 1. The molecule has 0 bridgehead atoms. The molecule has 0 atom stereocenters. The molecule has 0 aliphatic carbocycles. The normalized spacial score (nSPS) is 14.1. The molecule has 0 saturated carbocycles. The van der Waals surface area contributed by atoms with Crippen LogP contribution < -0.4 is 10.3 Å². The molecule has 2 aromatic rings. The van der Waals surface area contributed by atoms with Gasteiger partial charge >= 0.3 is 5.97 Å². The molecule has 0 spiro atoms. The van der Waals surface area contributed by atoms with E-state index in [2.05, 4.69) is 16.6 Å². The number of para-hydroxylation sites is 1. The predicted octanol–water partition coefficient (Wildman–Crippen LogP) is 3.35. The molecule has 3 rings (SSSR count). The van der Waals surface area contributed by atoms with Crippen molar-refractivity contribution in [1.82, 2.24) is 0 Å². The fourth-order valence-electron chi connectivity index (χ4n) is 2.81. The molecule has 5 nitrogen and oxygen atoms in total. The molecular formula is C19H21N3O2. The Labute approximate surface area is 141 Å². The van der Waals surface area contributed by atoms with Crippen molar-refractivity contribution < 1.29 is 9.53 Å². The molecule has 1 N–H and O–H groups in total. The van der Waals surface area contributed by atoms with Gasteiger partial charge in [0.2, 0.25) is 5.84 Å². The minimum Gasteiger partial charge on any atom is -0.463 e. The summed E-state index contributed by atoms with van der Waals surface area (Å²) in [7, 11) is 1.37. The Hall–Kier alpha value is -2.82. The second-order valence-electron chi connectivity index (χ2n) is 5.79. The van der Waals surface area contributed by atoms with Gasteiger partial charge in [0.25, 0.3) is 0 Å². The van der Waals surface area contributed by atoms with Crippen LogP contribution in [0.15, 0.2) is 53.6 Å². The molecule has 0 aromatic heterocycles. The number of hydrogen-bond acceptors (Lipinski definition) is 4. The third-order valence-corrected chi connectivity index (χ3v) is 4.08. The summed E-state index contributed by atoms with van der Waals surface area (Å²) in [5.41, 5.74) is 7.19. The van der Waals surface area contributed by atoms with E-state index in [1.807, 2.05) is 54.3 Å². The second kappa shape index (κ2) is 7.17. The molecule has 2 aromatic carbocycles. The monoisotopic (exact) mass is 323 g/mol. The lowest BCUT2D eigenvalue weighted by Gasteiger charge is -2.30. The number of ether oxygens (including phenoxy) is 1. The second-order valence-corrected chi connectivity index (χ2v) is 5.79. The number of carbonyl (C=O) groups is 1. The Kier molecular flexibility index (Phi) is 4.79. The van der Waals surface area contributed by atoms with Gasteiger partial charge in [0, 0.05) is 12.2 Å². The molecule has 1 heterocycles. The van der Waals surface area contributed by atoms with Gasteiger partial charge in [0.15, 0.2) is 0 Å². The van der Waals surface area contributed by atoms with Gasteiger partial charge in [-0.25, -0.2) is 4.79 Å². The number of hydrazone groups is 1. The average Bonchev–Trinajstić information content (AvgIpc) is 2.63. The maximum absolute atomic E-state index is 12.3. The average molecular weight is 323 g/mol. The first-order valence-electron chi connectivity index (χ1n) is 8.03. The maximum Gasteiger partial charge on any atom is 0.376 e. The molecule has 124 valence electrons. The molecule has 0 fully saturated rings. The first-order valence-corrected chi connectivity index (χ1v) is 8.03. The largest absolute Gasteiger partial charge is 0.463 e. The number of anilines is 2. The van der Waals surface area contributed by atoms with Crippen LogP contribution in [0.5, 0.6) is 0 Å². The van der Waals surface area contributed by atoms with Crippen molar-refractivity contribution in [3.05, 3.63) is 59.7 Å². The minimum atomic E-state index is -0.452. The predicted molar refractivity (Wildman–Crippen MR) is 96.4 cm³/mol. The van der Waals surface area contributed by atoms with Crippen molar-refractivity contribution in [1.29, 1.82) is 0 Å². The van der Waals surface area contributed by atoms with Crippen LogP contribution in [0, 0.1) is 6.92 Å². The van der Waals surface area contributed by atoms with E-state index in [-0.39, 0.29) is 5.84 Å². The Morgan fingerprint density at radius 1 is 1.17 bits per heavy atom. The van der Waals surface area contributed by atoms with Gasteiger partial charge in [-0.15, -0.1) is 5.10 Å². The fraction of sp³-hybridized carbons (Fsp3) is 0.263. The first-order chi connectivity index (χ1) is 11.7. The lowest BCUT2D eigenvalue weighted by molar-refractivity contribution is -0.132. The van der Waals surface area contributed by atoms with Crippen molar-refractivity contribution >= 4 is 23.2 Å². The molecular weight excluding hydrogens is 302 g/mol. The minimum absolute atomic E-state index is 0.269. The molecule has 0 unspecified atom stereocenters. The van der Waals surface area contributed by atoms with Crippen molar-refractivity contribution in [2.24, 2.45) is 5.10 Å². The van der Waals surface area contributed by atoms with Gasteiger partial charge in [-0.1, -0.05) is 35.9 Å². The summed E-state index contributed by atoms with van der Waals surface area (Å²) in [5, 5.41) is 4.33. The van der Waals surface area contributed by atoms with E-state index in [0.29, 0.717) is 0 Å². The van der Waals surface area contributed by atoms with Crippen LogP contribution >= 0.6 is 0 Å². The highest BCUT2D eigenvalue weighted by atomic mass is 16.5. The van der Waals surface area contributed by atoms with Crippen LogP contribution in [-0.2, 0) is 16.0 Å². The Morgan fingerprint density at radius 3 is 2.67 bits per heavy atom. The third kappa shape index (κ3) is 3.40. The van der Waals surface area contributed by atoms with Crippen LogP contribution in [0.2, 0.25) is 0 Å². The fourth-order valence-corrected chi connectivity index (χ4v) is 2.81. The Bertz CT molecular complexity index is 753. The number of carbonyl (C=O) groups excluding carboxylic acids is 1. The van der Waals surface area contributed by atoms with E-state index in [9.17, 15) is 4.79 Å². The summed E-state index contributed by atoms with van der Waals surface area (Å²) in [6.07, 6.45) is 1.98. The van der Waals surface area contributed by atoms with E-state index in [1.165, 1.54) is 18.2 Å². The standard InChI is InChI=1S/C19H21N3O2/c1-14-9-11-16(12-10-14)20-21-18(19(23)24-2)22-13-5-7-15-6-3-4-8-17(15)22/h3-4,6,8-12,20H,5,7,13H2,1-2H3/b21-18-. The summed E-state index contributed by atoms with van der Waals surface area (Å²) in [6, 6.07) is 15.9.